The van der Waals surface area contributed by atoms with Crippen LogP contribution in [0.3, 0.4) is 0 Å². The Kier molecular flexibility index (Phi) is 2.08. The molecule has 0 aromatic rings. The van der Waals surface area contributed by atoms with Crippen LogP contribution in [0.4, 0.5) is 0 Å². The monoisotopic (exact) mass is 182 g/mol. The molecule has 0 bridgehead atoms. The SMILES string of the molecule is O=C1NC1CCC1=CC=CSN1. The number of rotatable bonds is 3. The molecule has 2 N–H and O–H groups in total. The number of carbonyl (C=O) groups is 1. The van der Waals surface area contributed by atoms with Gasteiger partial charge in [-0.3, -0.25) is 4.79 Å². The van der Waals surface area contributed by atoms with Gasteiger partial charge in [-0.25, -0.2) is 0 Å². The highest BCUT2D eigenvalue weighted by molar-refractivity contribution is 8.00. The van der Waals surface area contributed by atoms with Gasteiger partial charge in [-0.1, -0.05) is 6.08 Å². The quantitative estimate of drug-likeness (QED) is 0.504. The number of hydrogen-bond donors (Lipinski definition) is 2. The van der Waals surface area contributed by atoms with Crippen LogP contribution in [0.15, 0.2) is 23.3 Å². The summed E-state index contributed by atoms with van der Waals surface area (Å²) in [4.78, 5) is 10.6. The van der Waals surface area contributed by atoms with Gasteiger partial charge in [0, 0.05) is 5.70 Å². The van der Waals surface area contributed by atoms with Crippen LogP contribution >= 0.6 is 11.9 Å². The zero-order valence-corrected chi connectivity index (χ0v) is 7.36. The maximum atomic E-state index is 10.6. The van der Waals surface area contributed by atoms with Crippen LogP contribution in [-0.4, -0.2) is 11.9 Å². The Balaban J connectivity index is 1.75. The Labute approximate surface area is 75.4 Å². The van der Waals surface area contributed by atoms with Gasteiger partial charge in [0.05, 0.1) is 0 Å². The molecule has 0 saturated carbocycles. The van der Waals surface area contributed by atoms with Gasteiger partial charge in [0.15, 0.2) is 0 Å². The van der Waals surface area contributed by atoms with E-state index in [1.54, 1.807) is 11.9 Å². The Bertz CT molecular complexity index is 260. The molecule has 0 radical (unpaired) electrons. The summed E-state index contributed by atoms with van der Waals surface area (Å²) < 4.78 is 3.17. The molecule has 0 aromatic carbocycles. The summed E-state index contributed by atoms with van der Waals surface area (Å²) in [6.45, 7) is 0. The second-order valence-corrected chi connectivity index (χ2v) is 3.55. The Morgan fingerprint density at radius 1 is 1.58 bits per heavy atom. The van der Waals surface area contributed by atoms with E-state index in [0.29, 0.717) is 0 Å². The second kappa shape index (κ2) is 3.23. The highest BCUT2D eigenvalue weighted by Crippen LogP contribution is 2.16. The lowest BCUT2D eigenvalue weighted by Gasteiger charge is -2.09. The molecule has 0 aliphatic carbocycles. The number of hydrogen-bond acceptors (Lipinski definition) is 3. The van der Waals surface area contributed by atoms with Crippen molar-refractivity contribution in [1.29, 1.82) is 0 Å². The van der Waals surface area contributed by atoms with Crippen molar-refractivity contribution in [3.63, 3.8) is 0 Å². The molecule has 1 fully saturated rings. The molecule has 0 aromatic heterocycles. The van der Waals surface area contributed by atoms with Crippen molar-refractivity contribution in [2.24, 2.45) is 0 Å². The fourth-order valence-electron chi connectivity index (χ4n) is 1.11. The van der Waals surface area contributed by atoms with E-state index >= 15 is 0 Å². The van der Waals surface area contributed by atoms with Crippen molar-refractivity contribution in [2.75, 3.05) is 0 Å². The molecule has 1 saturated heterocycles. The van der Waals surface area contributed by atoms with E-state index in [4.69, 9.17) is 0 Å². The molecular weight excluding hydrogens is 172 g/mol. The molecule has 1 amide bonds. The van der Waals surface area contributed by atoms with Gasteiger partial charge in [0.1, 0.15) is 6.04 Å². The van der Waals surface area contributed by atoms with Crippen LogP contribution in [0.25, 0.3) is 0 Å². The summed E-state index contributed by atoms with van der Waals surface area (Å²) in [6.07, 6.45) is 5.91. The molecule has 1 atom stereocenters. The smallest absolute Gasteiger partial charge is 0.243 e. The summed E-state index contributed by atoms with van der Waals surface area (Å²) in [5.74, 6) is 0.189. The number of amides is 1. The van der Waals surface area contributed by atoms with Gasteiger partial charge < -0.3 is 10.0 Å². The zero-order valence-electron chi connectivity index (χ0n) is 6.54. The number of nitrogens with one attached hydrogen (secondary N) is 2. The summed E-state index contributed by atoms with van der Waals surface area (Å²) in [5, 5.41) is 4.74. The van der Waals surface area contributed by atoms with Crippen LogP contribution in [0.2, 0.25) is 0 Å². The fraction of sp³-hybridized carbons (Fsp3) is 0.375. The van der Waals surface area contributed by atoms with Crippen molar-refractivity contribution in [3.05, 3.63) is 23.3 Å². The van der Waals surface area contributed by atoms with E-state index in [1.807, 2.05) is 17.6 Å². The normalized spacial score (nSPS) is 25.8. The van der Waals surface area contributed by atoms with Gasteiger partial charge in [-0.2, -0.15) is 0 Å². The van der Waals surface area contributed by atoms with Crippen LogP contribution in [-0.2, 0) is 4.79 Å². The minimum atomic E-state index is 0.128. The lowest BCUT2D eigenvalue weighted by atomic mass is 10.2. The number of allylic oxidation sites excluding steroid dienone is 3. The highest BCUT2D eigenvalue weighted by Gasteiger charge is 2.32. The largest absolute Gasteiger partial charge is 0.343 e. The molecule has 2 aliphatic heterocycles. The summed E-state index contributed by atoms with van der Waals surface area (Å²) in [6, 6.07) is 0.128. The van der Waals surface area contributed by atoms with Crippen LogP contribution in [0, 0.1) is 0 Å². The van der Waals surface area contributed by atoms with Crippen LogP contribution < -0.4 is 10.0 Å². The topological polar surface area (TPSA) is 51.0 Å². The van der Waals surface area contributed by atoms with Gasteiger partial charge >= 0.3 is 0 Å². The minimum absolute atomic E-state index is 0.128. The van der Waals surface area contributed by atoms with E-state index in [2.05, 4.69) is 10.0 Å². The molecule has 4 heteroatoms. The highest BCUT2D eigenvalue weighted by atomic mass is 32.2. The van der Waals surface area contributed by atoms with Crippen LogP contribution in [0.1, 0.15) is 12.8 Å². The van der Waals surface area contributed by atoms with E-state index in [0.717, 1.165) is 12.8 Å². The van der Waals surface area contributed by atoms with Gasteiger partial charge in [-0.05, 0) is 36.3 Å². The molecule has 2 rings (SSSR count). The van der Waals surface area contributed by atoms with Gasteiger partial charge in [0.2, 0.25) is 5.91 Å². The molecule has 1 unspecified atom stereocenters. The third-order valence-corrected chi connectivity index (χ3v) is 2.56. The lowest BCUT2D eigenvalue weighted by Crippen LogP contribution is -2.06. The van der Waals surface area contributed by atoms with E-state index in [9.17, 15) is 4.79 Å². The molecule has 12 heavy (non-hydrogen) atoms. The summed E-state index contributed by atoms with van der Waals surface area (Å²) in [7, 11) is 0. The minimum Gasteiger partial charge on any atom is -0.343 e. The first kappa shape index (κ1) is 7.73. The zero-order chi connectivity index (χ0) is 8.39. The predicted molar refractivity (Wildman–Crippen MR) is 49.1 cm³/mol. The molecule has 0 spiro atoms. The third-order valence-electron chi connectivity index (χ3n) is 1.89. The molecule has 2 heterocycles. The van der Waals surface area contributed by atoms with Crippen molar-refractivity contribution >= 4 is 17.9 Å². The van der Waals surface area contributed by atoms with E-state index in [-0.39, 0.29) is 11.9 Å². The summed E-state index contributed by atoms with van der Waals surface area (Å²) >= 11 is 1.57. The van der Waals surface area contributed by atoms with Crippen molar-refractivity contribution < 1.29 is 4.79 Å². The van der Waals surface area contributed by atoms with E-state index < -0.39 is 0 Å². The molecule has 3 nitrogen and oxygen atoms in total. The number of carbonyl (C=O) groups excluding carboxylic acids is 1. The standard InChI is InChI=1S/C8H10N2OS/c11-8-7(9-8)4-3-6-2-1-5-12-10-6/h1-2,5,7,10H,3-4H2,(H,9,11). The molecule has 2 aliphatic rings. The first-order valence-electron chi connectivity index (χ1n) is 3.94. The summed E-state index contributed by atoms with van der Waals surface area (Å²) in [5.41, 5.74) is 1.20. The van der Waals surface area contributed by atoms with Crippen molar-refractivity contribution in [3.8, 4) is 0 Å². The Morgan fingerprint density at radius 2 is 2.42 bits per heavy atom. The second-order valence-electron chi connectivity index (χ2n) is 2.84. The average Bonchev–Trinajstić information content (AvgIpc) is 2.81. The lowest BCUT2D eigenvalue weighted by molar-refractivity contribution is -0.111. The van der Waals surface area contributed by atoms with Crippen LogP contribution in [0.5, 0.6) is 0 Å². The average molecular weight is 182 g/mol. The molecule has 64 valence electrons. The molecular formula is C8H10N2OS. The fourth-order valence-corrected chi connectivity index (χ4v) is 1.65. The van der Waals surface area contributed by atoms with E-state index in [1.165, 1.54) is 5.70 Å². The van der Waals surface area contributed by atoms with Crippen molar-refractivity contribution in [2.45, 2.75) is 18.9 Å². The van der Waals surface area contributed by atoms with Gasteiger partial charge in [-0.15, -0.1) is 0 Å². The first-order valence-corrected chi connectivity index (χ1v) is 4.82. The first-order chi connectivity index (χ1) is 5.86. The predicted octanol–water partition coefficient (Wildman–Crippen LogP) is 0.914. The van der Waals surface area contributed by atoms with Gasteiger partial charge in [0.25, 0.3) is 0 Å². The van der Waals surface area contributed by atoms with Crippen molar-refractivity contribution in [1.82, 2.24) is 10.0 Å². The Hall–Kier alpha value is -0.900. The maximum absolute atomic E-state index is 10.6. The maximum Gasteiger partial charge on any atom is 0.243 e. The Morgan fingerprint density at radius 3 is 3.00 bits per heavy atom. The third kappa shape index (κ3) is 1.82.